The molecule has 0 radical (unpaired) electrons. The molecular formula is C33H34FN9O. The Morgan fingerprint density at radius 2 is 1.89 bits per heavy atom. The summed E-state index contributed by atoms with van der Waals surface area (Å²) in [6.07, 6.45) is 13.1. The van der Waals surface area contributed by atoms with Crippen molar-refractivity contribution in [3.8, 4) is 39.7 Å². The molecule has 0 spiro atoms. The first kappa shape index (κ1) is 27.9. The fraction of sp³-hybridized carbons (Fsp3) is 0.303. The van der Waals surface area contributed by atoms with Crippen molar-refractivity contribution in [2.75, 3.05) is 32.5 Å². The van der Waals surface area contributed by atoms with E-state index in [1.807, 2.05) is 38.4 Å². The molecule has 1 aliphatic rings. The largest absolute Gasteiger partial charge is 0.489 e. The molecule has 1 saturated carbocycles. The van der Waals surface area contributed by atoms with Crippen LogP contribution in [0.4, 0.5) is 10.1 Å². The number of halogens is 1. The SMILES string of the molecule is CN(C)CCNc1cc(F)cc(-c2ccnc3nc(-c4n[nH]c5cnc(-c6cncc(OC7CCCCC7)c6)cc45)[nH]c23)c1. The third-order valence-corrected chi connectivity index (χ3v) is 8.02. The number of anilines is 1. The van der Waals surface area contributed by atoms with E-state index in [4.69, 9.17) is 9.72 Å². The van der Waals surface area contributed by atoms with Crippen LogP contribution in [0.25, 0.3) is 56.0 Å². The molecule has 1 aromatic carbocycles. The maximum atomic E-state index is 14.7. The molecule has 5 aromatic heterocycles. The van der Waals surface area contributed by atoms with Gasteiger partial charge in [-0.25, -0.2) is 14.4 Å². The van der Waals surface area contributed by atoms with Crippen LogP contribution in [0.5, 0.6) is 5.75 Å². The Hall–Kier alpha value is -4.90. The number of fused-ring (bicyclic) bond motifs is 2. The van der Waals surface area contributed by atoms with E-state index in [-0.39, 0.29) is 11.9 Å². The smallest absolute Gasteiger partial charge is 0.178 e. The number of aromatic amines is 2. The lowest BCUT2D eigenvalue weighted by Crippen LogP contribution is -2.20. The number of nitrogens with zero attached hydrogens (tertiary/aromatic N) is 6. The van der Waals surface area contributed by atoms with Gasteiger partial charge in [-0.05, 0) is 81.7 Å². The number of likely N-dealkylation sites (N-methyl/N-ethyl adjacent to an activating group) is 1. The molecule has 0 bridgehead atoms. The monoisotopic (exact) mass is 591 g/mol. The van der Waals surface area contributed by atoms with Gasteiger partial charge in [0.1, 0.15) is 17.3 Å². The van der Waals surface area contributed by atoms with Crippen molar-refractivity contribution >= 4 is 27.8 Å². The second-order valence-corrected chi connectivity index (χ2v) is 11.6. The maximum absolute atomic E-state index is 14.7. The molecule has 44 heavy (non-hydrogen) atoms. The zero-order valence-electron chi connectivity index (χ0n) is 24.8. The molecule has 1 fully saturated rings. The van der Waals surface area contributed by atoms with Gasteiger partial charge in [-0.2, -0.15) is 5.10 Å². The number of aromatic nitrogens is 7. The van der Waals surface area contributed by atoms with Gasteiger partial charge in [0.15, 0.2) is 11.5 Å². The first-order chi connectivity index (χ1) is 21.5. The highest BCUT2D eigenvalue weighted by Gasteiger charge is 2.19. The van der Waals surface area contributed by atoms with E-state index in [2.05, 4.69) is 40.3 Å². The highest BCUT2D eigenvalue weighted by molar-refractivity contribution is 5.97. The number of H-pyrrole nitrogens is 2. The molecule has 0 amide bonds. The first-order valence-corrected chi connectivity index (χ1v) is 15.0. The van der Waals surface area contributed by atoms with E-state index in [1.54, 1.807) is 24.8 Å². The van der Waals surface area contributed by atoms with Crippen LogP contribution in [0.2, 0.25) is 0 Å². The van der Waals surface area contributed by atoms with Gasteiger partial charge in [-0.3, -0.25) is 15.1 Å². The molecule has 0 atom stereocenters. The van der Waals surface area contributed by atoms with Gasteiger partial charge < -0.3 is 19.9 Å². The normalized spacial score (nSPS) is 14.1. The second kappa shape index (κ2) is 12.0. The van der Waals surface area contributed by atoms with Gasteiger partial charge in [-0.15, -0.1) is 0 Å². The summed E-state index contributed by atoms with van der Waals surface area (Å²) in [6, 6.07) is 10.8. The van der Waals surface area contributed by atoms with Gasteiger partial charge >= 0.3 is 0 Å². The summed E-state index contributed by atoms with van der Waals surface area (Å²) >= 11 is 0. The lowest BCUT2D eigenvalue weighted by Gasteiger charge is -2.22. The van der Waals surface area contributed by atoms with Crippen molar-refractivity contribution < 1.29 is 9.13 Å². The minimum absolute atomic E-state index is 0.238. The molecule has 7 rings (SSSR count). The summed E-state index contributed by atoms with van der Waals surface area (Å²) in [5, 5.41) is 11.8. The first-order valence-electron chi connectivity index (χ1n) is 15.0. The Morgan fingerprint density at radius 3 is 2.75 bits per heavy atom. The predicted molar refractivity (Wildman–Crippen MR) is 170 cm³/mol. The highest BCUT2D eigenvalue weighted by atomic mass is 19.1. The van der Waals surface area contributed by atoms with E-state index >= 15 is 0 Å². The topological polar surface area (TPSA) is 121 Å². The van der Waals surface area contributed by atoms with Crippen LogP contribution < -0.4 is 10.1 Å². The summed E-state index contributed by atoms with van der Waals surface area (Å²) in [6.45, 7) is 1.53. The molecule has 0 aliphatic heterocycles. The van der Waals surface area contributed by atoms with E-state index in [0.717, 1.165) is 58.4 Å². The number of ether oxygens (including phenoxy) is 1. The van der Waals surface area contributed by atoms with Crippen LogP contribution in [0.15, 0.2) is 61.2 Å². The van der Waals surface area contributed by atoms with E-state index < -0.39 is 0 Å². The molecule has 3 N–H and O–H groups in total. The van der Waals surface area contributed by atoms with E-state index in [1.165, 1.54) is 31.4 Å². The fourth-order valence-electron chi connectivity index (χ4n) is 5.79. The summed E-state index contributed by atoms with van der Waals surface area (Å²) in [5.74, 6) is 0.991. The van der Waals surface area contributed by atoms with Crippen molar-refractivity contribution in [3.05, 3.63) is 67.0 Å². The van der Waals surface area contributed by atoms with E-state index in [0.29, 0.717) is 34.9 Å². The van der Waals surface area contributed by atoms with Crippen LogP contribution in [0.3, 0.4) is 0 Å². The molecule has 10 nitrogen and oxygen atoms in total. The Balaban J connectivity index is 1.21. The van der Waals surface area contributed by atoms with Crippen LogP contribution in [0, 0.1) is 5.82 Å². The van der Waals surface area contributed by atoms with Gasteiger partial charge in [0.05, 0.1) is 35.2 Å². The van der Waals surface area contributed by atoms with Crippen molar-refractivity contribution in [3.63, 3.8) is 0 Å². The average molecular weight is 592 g/mol. The summed E-state index contributed by atoms with van der Waals surface area (Å²) in [7, 11) is 4.01. The van der Waals surface area contributed by atoms with Crippen molar-refractivity contribution in [2.45, 2.75) is 38.2 Å². The van der Waals surface area contributed by atoms with Crippen LogP contribution in [0.1, 0.15) is 32.1 Å². The summed E-state index contributed by atoms with van der Waals surface area (Å²) in [5.41, 5.74) is 6.49. The Labute approximate surface area is 254 Å². The van der Waals surface area contributed by atoms with Crippen molar-refractivity contribution in [1.82, 2.24) is 40.0 Å². The third kappa shape index (κ3) is 5.83. The van der Waals surface area contributed by atoms with Crippen LogP contribution >= 0.6 is 0 Å². The zero-order valence-corrected chi connectivity index (χ0v) is 24.8. The number of imidazole rings is 1. The zero-order chi connectivity index (χ0) is 30.0. The summed E-state index contributed by atoms with van der Waals surface area (Å²) in [4.78, 5) is 23.8. The molecule has 0 saturated heterocycles. The molecule has 5 heterocycles. The quantitative estimate of drug-likeness (QED) is 0.175. The van der Waals surface area contributed by atoms with Crippen LogP contribution in [-0.4, -0.2) is 73.3 Å². The lowest BCUT2D eigenvalue weighted by atomic mass is 9.98. The van der Waals surface area contributed by atoms with Gasteiger partial charge in [0.2, 0.25) is 0 Å². The van der Waals surface area contributed by atoms with Gasteiger partial charge in [0, 0.05) is 47.7 Å². The Kier molecular flexibility index (Phi) is 7.61. The molecule has 0 unspecified atom stereocenters. The van der Waals surface area contributed by atoms with Gasteiger partial charge in [0.25, 0.3) is 0 Å². The minimum Gasteiger partial charge on any atom is -0.489 e. The Morgan fingerprint density at radius 1 is 1.00 bits per heavy atom. The number of rotatable bonds is 9. The van der Waals surface area contributed by atoms with Crippen LogP contribution in [-0.2, 0) is 0 Å². The number of hydrogen-bond donors (Lipinski definition) is 3. The Bertz CT molecular complexity index is 1930. The third-order valence-electron chi connectivity index (χ3n) is 8.02. The predicted octanol–water partition coefficient (Wildman–Crippen LogP) is 6.45. The molecule has 1 aliphatic carbocycles. The number of hydrogen-bond acceptors (Lipinski definition) is 8. The second-order valence-electron chi connectivity index (χ2n) is 11.6. The number of benzene rings is 1. The highest BCUT2D eigenvalue weighted by Crippen LogP contribution is 2.34. The maximum Gasteiger partial charge on any atom is 0.178 e. The fourth-order valence-corrected chi connectivity index (χ4v) is 5.79. The number of nitrogens with one attached hydrogen (secondary N) is 3. The number of pyridine rings is 3. The van der Waals surface area contributed by atoms with E-state index in [9.17, 15) is 4.39 Å². The van der Waals surface area contributed by atoms with Gasteiger partial charge in [-0.1, -0.05) is 6.42 Å². The van der Waals surface area contributed by atoms with Crippen molar-refractivity contribution in [2.24, 2.45) is 0 Å². The average Bonchev–Trinajstić information content (AvgIpc) is 3.65. The molecular weight excluding hydrogens is 557 g/mol. The minimum atomic E-state index is -0.319. The summed E-state index contributed by atoms with van der Waals surface area (Å²) < 4.78 is 20.9. The van der Waals surface area contributed by atoms with Crippen molar-refractivity contribution in [1.29, 1.82) is 0 Å². The standard InChI is InChI=1S/C33H34FN9O/c1-43(2)11-10-36-23-13-20(12-22(34)15-23)26-8-9-37-32-30(26)39-33(40-32)31-27-16-28(38-19-29(27)41-42-31)21-14-25(18-35-17-21)44-24-6-4-3-5-7-24/h8-9,12-19,24,36H,3-7,10-11H2,1-2H3,(H,41,42)(H,37,39,40). The molecule has 6 aromatic rings. The lowest BCUT2D eigenvalue weighted by molar-refractivity contribution is 0.154. The molecule has 224 valence electrons. The molecule has 11 heteroatoms.